The molecule has 0 unspecified atom stereocenters. The van der Waals surface area contributed by atoms with Crippen LogP contribution in [0.2, 0.25) is 0 Å². The van der Waals surface area contributed by atoms with Crippen LogP contribution in [0.25, 0.3) is 10.8 Å². The molecule has 2 aliphatic heterocycles. The van der Waals surface area contributed by atoms with E-state index in [-0.39, 0.29) is 12.0 Å². The third-order valence-corrected chi connectivity index (χ3v) is 6.00. The van der Waals surface area contributed by atoms with Gasteiger partial charge in [-0.25, -0.2) is 4.79 Å². The van der Waals surface area contributed by atoms with E-state index in [4.69, 9.17) is 19.2 Å². The molecule has 3 atom stereocenters. The van der Waals surface area contributed by atoms with Crippen LogP contribution in [-0.2, 0) is 16.1 Å². The molecular weight excluding hydrogens is 439 g/mol. The summed E-state index contributed by atoms with van der Waals surface area (Å²) < 4.78 is 43.3. The van der Waals surface area contributed by atoms with Crippen LogP contribution < -0.4 is 0 Å². The predicted octanol–water partition coefficient (Wildman–Crippen LogP) is 4.31. The first-order chi connectivity index (χ1) is 15.7. The van der Waals surface area contributed by atoms with Crippen molar-refractivity contribution in [3.05, 3.63) is 59.7 Å². The summed E-state index contributed by atoms with van der Waals surface area (Å²) in [6.45, 7) is 4.58. The number of likely N-dealkylation sites (tertiary alicyclic amines) is 1. The van der Waals surface area contributed by atoms with Crippen molar-refractivity contribution in [3.63, 3.8) is 0 Å². The Morgan fingerprint density at radius 3 is 2.64 bits per heavy atom. The van der Waals surface area contributed by atoms with Crippen LogP contribution in [0.15, 0.2) is 47.0 Å². The van der Waals surface area contributed by atoms with Gasteiger partial charge in [-0.15, -0.1) is 0 Å². The second-order valence-corrected chi connectivity index (χ2v) is 8.25. The number of nitrogens with zero attached hydrogens (tertiary/aromatic N) is 3. The van der Waals surface area contributed by atoms with Crippen LogP contribution in [0.3, 0.4) is 0 Å². The van der Waals surface area contributed by atoms with Gasteiger partial charge in [0.2, 0.25) is 5.89 Å². The number of fused-ring (bicyclic) bond motifs is 2. The zero-order valence-electron chi connectivity index (χ0n) is 18.0. The van der Waals surface area contributed by atoms with Crippen LogP contribution in [0, 0.1) is 6.92 Å². The van der Waals surface area contributed by atoms with Gasteiger partial charge in [-0.2, -0.15) is 18.2 Å². The SMILES string of the molecule is Cc1noc([C@@H]2C[C@H]3OCC[C@H]3N(Cc3cccc4ccccc34)C2)n1.O=C(O)C(F)(F)F. The highest BCUT2D eigenvalue weighted by molar-refractivity contribution is 5.85. The van der Waals surface area contributed by atoms with Crippen molar-refractivity contribution in [1.29, 1.82) is 0 Å². The topological polar surface area (TPSA) is 88.7 Å². The van der Waals surface area contributed by atoms with Crippen LogP contribution in [-0.4, -0.2) is 57.6 Å². The number of benzene rings is 2. The zero-order chi connectivity index (χ0) is 23.6. The predicted molar refractivity (Wildman–Crippen MR) is 113 cm³/mol. The first kappa shape index (κ1) is 23.2. The number of hydrogen-bond acceptors (Lipinski definition) is 6. The number of carboxylic acids is 1. The average Bonchev–Trinajstić information content (AvgIpc) is 3.43. The Labute approximate surface area is 188 Å². The molecule has 3 heterocycles. The first-order valence-electron chi connectivity index (χ1n) is 10.6. The van der Waals surface area contributed by atoms with Gasteiger partial charge in [-0.3, -0.25) is 4.90 Å². The Morgan fingerprint density at radius 1 is 1.21 bits per heavy atom. The number of hydrogen-bond donors (Lipinski definition) is 1. The van der Waals surface area contributed by atoms with Crippen LogP contribution in [0.5, 0.6) is 0 Å². The molecule has 0 bridgehead atoms. The number of piperidine rings is 1. The van der Waals surface area contributed by atoms with Crippen molar-refractivity contribution >= 4 is 16.7 Å². The summed E-state index contributed by atoms with van der Waals surface area (Å²) in [7, 11) is 0. The Morgan fingerprint density at radius 2 is 1.94 bits per heavy atom. The molecule has 2 aliphatic rings. The van der Waals surface area contributed by atoms with Crippen molar-refractivity contribution in [2.75, 3.05) is 13.2 Å². The lowest BCUT2D eigenvalue weighted by molar-refractivity contribution is -0.192. The third-order valence-electron chi connectivity index (χ3n) is 6.00. The molecule has 5 rings (SSSR count). The number of aromatic nitrogens is 2. The van der Waals surface area contributed by atoms with Crippen molar-refractivity contribution < 1.29 is 32.3 Å². The molecule has 7 nitrogen and oxygen atoms in total. The molecule has 176 valence electrons. The van der Waals surface area contributed by atoms with Gasteiger partial charge in [0.15, 0.2) is 5.82 Å². The molecule has 10 heteroatoms. The number of halogens is 3. The van der Waals surface area contributed by atoms with Crippen LogP contribution in [0.4, 0.5) is 13.2 Å². The lowest BCUT2D eigenvalue weighted by atomic mass is 9.89. The van der Waals surface area contributed by atoms with Crippen molar-refractivity contribution in [2.24, 2.45) is 0 Å². The normalized spacial score (nSPS) is 23.1. The molecule has 0 aliphatic carbocycles. The molecule has 2 aromatic carbocycles. The monoisotopic (exact) mass is 463 g/mol. The molecular formula is C23H24F3N3O4. The van der Waals surface area contributed by atoms with E-state index in [9.17, 15) is 13.2 Å². The Bertz CT molecular complexity index is 1110. The fraction of sp³-hybridized carbons (Fsp3) is 0.435. The molecule has 3 aromatic rings. The summed E-state index contributed by atoms with van der Waals surface area (Å²) in [6.07, 6.45) is -2.75. The van der Waals surface area contributed by atoms with Gasteiger partial charge in [0.05, 0.1) is 12.0 Å². The fourth-order valence-corrected chi connectivity index (χ4v) is 4.54. The maximum atomic E-state index is 10.6. The zero-order valence-corrected chi connectivity index (χ0v) is 18.0. The van der Waals surface area contributed by atoms with Gasteiger partial charge in [-0.05, 0) is 36.1 Å². The molecule has 0 spiro atoms. The number of aryl methyl sites for hydroxylation is 1. The summed E-state index contributed by atoms with van der Waals surface area (Å²) in [6, 6.07) is 15.7. The van der Waals surface area contributed by atoms with Crippen molar-refractivity contribution in [2.45, 2.75) is 50.6 Å². The molecule has 33 heavy (non-hydrogen) atoms. The van der Waals surface area contributed by atoms with Gasteiger partial charge >= 0.3 is 12.1 Å². The maximum Gasteiger partial charge on any atom is 0.490 e. The van der Waals surface area contributed by atoms with Gasteiger partial charge in [-0.1, -0.05) is 47.6 Å². The standard InChI is InChI=1S/C21H23N3O2.C2HF3O2/c1-14-22-21(26-23-14)17-11-20-19(9-10-25-20)24(13-17)12-16-7-4-6-15-5-2-3-8-18(15)16;3-2(4,5)1(6)7/h2-8,17,19-20H,9-13H2,1H3;(H,6,7)/t17-,19-,20-;/m1./s1. The van der Waals surface area contributed by atoms with Gasteiger partial charge < -0.3 is 14.4 Å². The van der Waals surface area contributed by atoms with E-state index in [1.54, 1.807) is 0 Å². The van der Waals surface area contributed by atoms with E-state index < -0.39 is 12.1 Å². The number of ether oxygens (including phenoxy) is 1. The minimum atomic E-state index is -5.08. The number of alkyl halides is 3. The second kappa shape index (κ2) is 9.48. The smallest absolute Gasteiger partial charge is 0.475 e. The average molecular weight is 463 g/mol. The summed E-state index contributed by atoms with van der Waals surface area (Å²) >= 11 is 0. The number of aliphatic carboxylic acids is 1. The Kier molecular flexibility index (Phi) is 6.66. The van der Waals surface area contributed by atoms with Crippen LogP contribution in [0.1, 0.15) is 36.0 Å². The molecule has 0 saturated carbocycles. The van der Waals surface area contributed by atoms with Gasteiger partial charge in [0.25, 0.3) is 0 Å². The van der Waals surface area contributed by atoms with E-state index in [0.717, 1.165) is 38.4 Å². The molecule has 1 aromatic heterocycles. The third kappa shape index (κ3) is 5.33. The summed E-state index contributed by atoms with van der Waals surface area (Å²) in [5.74, 6) is -1.06. The van der Waals surface area contributed by atoms with Crippen molar-refractivity contribution in [1.82, 2.24) is 15.0 Å². The maximum absolute atomic E-state index is 10.6. The molecule has 0 radical (unpaired) electrons. The van der Waals surface area contributed by atoms with E-state index in [1.165, 1.54) is 16.3 Å². The summed E-state index contributed by atoms with van der Waals surface area (Å²) in [5, 5.41) is 13.7. The minimum absolute atomic E-state index is 0.241. The van der Waals surface area contributed by atoms with Gasteiger partial charge in [0.1, 0.15) is 0 Å². The fourth-order valence-electron chi connectivity index (χ4n) is 4.54. The Hall–Kier alpha value is -2.98. The Balaban J connectivity index is 0.000000325. The highest BCUT2D eigenvalue weighted by Gasteiger charge is 2.42. The van der Waals surface area contributed by atoms with E-state index >= 15 is 0 Å². The summed E-state index contributed by atoms with van der Waals surface area (Å²) in [4.78, 5) is 15.9. The van der Waals surface area contributed by atoms with E-state index in [1.807, 2.05) is 6.92 Å². The van der Waals surface area contributed by atoms with E-state index in [2.05, 4.69) is 57.5 Å². The first-order valence-corrected chi connectivity index (χ1v) is 10.6. The highest BCUT2D eigenvalue weighted by atomic mass is 19.4. The largest absolute Gasteiger partial charge is 0.490 e. The molecule has 2 saturated heterocycles. The summed E-state index contributed by atoms with van der Waals surface area (Å²) in [5.41, 5.74) is 1.37. The second-order valence-electron chi connectivity index (χ2n) is 8.25. The van der Waals surface area contributed by atoms with Crippen LogP contribution >= 0.6 is 0 Å². The highest BCUT2D eigenvalue weighted by Crippen LogP contribution is 2.37. The number of carbonyl (C=O) groups is 1. The minimum Gasteiger partial charge on any atom is -0.475 e. The van der Waals surface area contributed by atoms with E-state index in [0.29, 0.717) is 11.9 Å². The molecule has 0 amide bonds. The van der Waals surface area contributed by atoms with Gasteiger partial charge in [0, 0.05) is 25.7 Å². The lowest BCUT2D eigenvalue weighted by Crippen LogP contribution is -2.48. The molecule has 2 fully saturated rings. The number of rotatable bonds is 3. The quantitative estimate of drug-likeness (QED) is 0.619. The molecule has 1 N–H and O–H groups in total. The van der Waals surface area contributed by atoms with Crippen molar-refractivity contribution in [3.8, 4) is 0 Å². The number of carboxylic acid groups (broad SMARTS) is 1. The lowest BCUT2D eigenvalue weighted by Gasteiger charge is -2.39.